The quantitative estimate of drug-likeness (QED) is 0.368. The number of aliphatic hydroxyl groups is 1. The average Bonchev–Trinajstić information content (AvgIpc) is 1.84. The van der Waals surface area contributed by atoms with Crippen molar-refractivity contribution in [3.8, 4) is 0 Å². The Morgan fingerprint density at radius 1 is 1.75 bits per heavy atom. The number of rotatable bonds is 3. The van der Waals surface area contributed by atoms with Crippen LogP contribution in [0.25, 0.3) is 0 Å². The van der Waals surface area contributed by atoms with Gasteiger partial charge in [0.05, 0.1) is 12.1 Å². The van der Waals surface area contributed by atoms with E-state index in [0.29, 0.717) is 6.29 Å². The van der Waals surface area contributed by atoms with E-state index in [1.54, 1.807) is 0 Å². The van der Waals surface area contributed by atoms with Gasteiger partial charge < -0.3 is 21.4 Å². The van der Waals surface area contributed by atoms with Gasteiger partial charge in [-0.05, 0) is 0 Å². The molecule has 48 valence electrons. The van der Waals surface area contributed by atoms with Crippen LogP contribution in [0.3, 0.4) is 0 Å². The summed E-state index contributed by atoms with van der Waals surface area (Å²) >= 11 is 0. The second kappa shape index (κ2) is 3.54. The molecule has 0 rings (SSSR count). The fourth-order valence-corrected chi connectivity index (χ4v) is 0.248. The molecular formula is C4H10N2O2. The molecule has 0 aliphatic rings. The Bertz CT molecular complexity index is 76.4. The molecule has 2 unspecified atom stereocenters. The van der Waals surface area contributed by atoms with Crippen molar-refractivity contribution in [3.05, 3.63) is 0 Å². The zero-order valence-corrected chi connectivity index (χ0v) is 4.45. The Morgan fingerprint density at radius 2 is 2.25 bits per heavy atom. The molecule has 4 nitrogen and oxygen atoms in total. The largest absolute Gasteiger partial charge is 0.390 e. The minimum absolute atomic E-state index is 0.0277. The highest BCUT2D eigenvalue weighted by atomic mass is 16.3. The first kappa shape index (κ1) is 7.55. The minimum Gasteiger partial charge on any atom is -0.390 e. The normalized spacial score (nSPS) is 17.4. The van der Waals surface area contributed by atoms with Gasteiger partial charge in [0.2, 0.25) is 0 Å². The highest BCUT2D eigenvalue weighted by molar-refractivity contribution is 5.58. The first-order valence-corrected chi connectivity index (χ1v) is 2.31. The van der Waals surface area contributed by atoms with E-state index < -0.39 is 12.1 Å². The summed E-state index contributed by atoms with van der Waals surface area (Å²) in [6, 6.07) is -0.833. The van der Waals surface area contributed by atoms with Crippen LogP contribution in [-0.2, 0) is 4.79 Å². The molecule has 0 bridgehead atoms. The monoisotopic (exact) mass is 118 g/mol. The first-order valence-electron chi connectivity index (χ1n) is 2.31. The number of carbonyl (C=O) groups is 1. The summed E-state index contributed by atoms with van der Waals surface area (Å²) in [7, 11) is 0. The lowest BCUT2D eigenvalue weighted by atomic mass is 10.2. The van der Waals surface area contributed by atoms with E-state index in [1.807, 2.05) is 0 Å². The molecule has 0 amide bonds. The number of aldehydes is 1. The van der Waals surface area contributed by atoms with Crippen LogP contribution in [0.5, 0.6) is 0 Å². The van der Waals surface area contributed by atoms with Crippen molar-refractivity contribution in [2.75, 3.05) is 6.54 Å². The van der Waals surface area contributed by atoms with Crippen molar-refractivity contribution in [2.24, 2.45) is 11.5 Å². The molecule has 0 heterocycles. The molecule has 0 spiro atoms. The molecule has 4 heteroatoms. The summed E-state index contributed by atoms with van der Waals surface area (Å²) in [6.45, 7) is 0.0277. The van der Waals surface area contributed by atoms with E-state index in [4.69, 9.17) is 16.6 Å². The van der Waals surface area contributed by atoms with Crippen molar-refractivity contribution in [1.29, 1.82) is 0 Å². The predicted molar refractivity (Wildman–Crippen MR) is 29.1 cm³/mol. The van der Waals surface area contributed by atoms with Gasteiger partial charge in [0.25, 0.3) is 0 Å². The van der Waals surface area contributed by atoms with E-state index in [-0.39, 0.29) is 6.54 Å². The van der Waals surface area contributed by atoms with Gasteiger partial charge in [0, 0.05) is 6.54 Å². The zero-order chi connectivity index (χ0) is 6.57. The van der Waals surface area contributed by atoms with Gasteiger partial charge in [-0.2, -0.15) is 0 Å². The van der Waals surface area contributed by atoms with Gasteiger partial charge in [0.15, 0.2) is 0 Å². The fraction of sp³-hybridized carbons (Fsp3) is 0.750. The molecule has 0 aliphatic heterocycles. The third-order valence-electron chi connectivity index (χ3n) is 0.843. The van der Waals surface area contributed by atoms with Crippen LogP contribution in [0.1, 0.15) is 0 Å². The Hall–Kier alpha value is -0.450. The van der Waals surface area contributed by atoms with Crippen molar-refractivity contribution in [2.45, 2.75) is 12.1 Å². The van der Waals surface area contributed by atoms with Crippen molar-refractivity contribution >= 4 is 6.29 Å². The van der Waals surface area contributed by atoms with Gasteiger partial charge in [-0.25, -0.2) is 0 Å². The van der Waals surface area contributed by atoms with Crippen LogP contribution in [0.15, 0.2) is 0 Å². The number of hydrogen-bond donors (Lipinski definition) is 3. The highest BCUT2D eigenvalue weighted by Gasteiger charge is 2.09. The topological polar surface area (TPSA) is 89.3 Å². The van der Waals surface area contributed by atoms with Gasteiger partial charge in [-0.3, -0.25) is 0 Å². The van der Waals surface area contributed by atoms with E-state index in [0.717, 1.165) is 0 Å². The second-order valence-electron chi connectivity index (χ2n) is 1.52. The summed E-state index contributed by atoms with van der Waals surface area (Å²) in [4.78, 5) is 9.76. The molecular weight excluding hydrogens is 108 g/mol. The van der Waals surface area contributed by atoms with Gasteiger partial charge in [0.1, 0.15) is 6.29 Å². The van der Waals surface area contributed by atoms with Crippen LogP contribution >= 0.6 is 0 Å². The van der Waals surface area contributed by atoms with Crippen LogP contribution in [0.2, 0.25) is 0 Å². The van der Waals surface area contributed by atoms with Crippen LogP contribution < -0.4 is 11.5 Å². The van der Waals surface area contributed by atoms with E-state index in [1.165, 1.54) is 0 Å². The van der Waals surface area contributed by atoms with Gasteiger partial charge >= 0.3 is 0 Å². The molecule has 0 saturated heterocycles. The fourth-order valence-electron chi connectivity index (χ4n) is 0.248. The van der Waals surface area contributed by atoms with E-state index >= 15 is 0 Å². The molecule has 0 fully saturated rings. The highest BCUT2D eigenvalue weighted by Crippen LogP contribution is 1.80. The standard InChI is InChI=1S/C4H10N2O2/c5-1-4(8)3(6)2-7/h2-4,8H,1,5-6H2. The van der Waals surface area contributed by atoms with Crippen molar-refractivity contribution in [1.82, 2.24) is 0 Å². The second-order valence-corrected chi connectivity index (χ2v) is 1.52. The average molecular weight is 118 g/mol. The summed E-state index contributed by atoms with van der Waals surface area (Å²) in [5.74, 6) is 0. The summed E-state index contributed by atoms with van der Waals surface area (Å²) in [5.41, 5.74) is 9.99. The van der Waals surface area contributed by atoms with Crippen molar-refractivity contribution < 1.29 is 9.90 Å². The van der Waals surface area contributed by atoms with E-state index in [9.17, 15) is 4.79 Å². The Balaban J connectivity index is 3.44. The lowest BCUT2D eigenvalue weighted by Crippen LogP contribution is -2.40. The molecule has 0 aromatic carbocycles. The predicted octanol–water partition coefficient (Wildman–Crippen LogP) is -2.17. The molecule has 0 aliphatic carbocycles. The summed E-state index contributed by atoms with van der Waals surface area (Å²) < 4.78 is 0. The molecule has 2 atom stereocenters. The SMILES string of the molecule is NCC(O)C(N)C=O. The smallest absolute Gasteiger partial charge is 0.139 e. The molecule has 8 heavy (non-hydrogen) atoms. The van der Waals surface area contributed by atoms with E-state index in [2.05, 4.69) is 0 Å². The molecule has 0 aromatic rings. The summed E-state index contributed by atoms with van der Waals surface area (Å²) in [5, 5.41) is 8.65. The number of carbonyl (C=O) groups excluding carboxylic acids is 1. The third-order valence-corrected chi connectivity index (χ3v) is 0.843. The Labute approximate surface area is 47.5 Å². The lowest BCUT2D eigenvalue weighted by Gasteiger charge is -2.08. The molecule has 0 saturated carbocycles. The maximum Gasteiger partial charge on any atom is 0.139 e. The molecule has 0 radical (unpaired) electrons. The molecule has 5 N–H and O–H groups in total. The summed E-state index contributed by atoms with van der Waals surface area (Å²) in [6.07, 6.45) is -0.426. The van der Waals surface area contributed by atoms with Gasteiger partial charge in [-0.15, -0.1) is 0 Å². The minimum atomic E-state index is -0.896. The van der Waals surface area contributed by atoms with Crippen LogP contribution in [0, 0.1) is 0 Å². The maximum atomic E-state index is 9.76. The Morgan fingerprint density at radius 3 is 2.38 bits per heavy atom. The third kappa shape index (κ3) is 2.02. The van der Waals surface area contributed by atoms with Gasteiger partial charge in [-0.1, -0.05) is 0 Å². The maximum absolute atomic E-state index is 9.76. The number of hydrogen-bond acceptors (Lipinski definition) is 4. The molecule has 0 aromatic heterocycles. The number of nitrogens with two attached hydrogens (primary N) is 2. The zero-order valence-electron chi connectivity index (χ0n) is 4.45. The first-order chi connectivity index (χ1) is 3.72. The lowest BCUT2D eigenvalue weighted by molar-refractivity contribution is -0.110. The van der Waals surface area contributed by atoms with Crippen LogP contribution in [-0.4, -0.2) is 30.1 Å². The number of aliphatic hydroxyl groups excluding tert-OH is 1. The van der Waals surface area contributed by atoms with Crippen LogP contribution in [0.4, 0.5) is 0 Å². The Kier molecular flexibility index (Phi) is 3.34. The van der Waals surface area contributed by atoms with Crippen molar-refractivity contribution in [3.63, 3.8) is 0 Å².